The molecule has 0 aliphatic carbocycles. The van der Waals surface area contributed by atoms with Crippen LogP contribution in [0.3, 0.4) is 0 Å². The van der Waals surface area contributed by atoms with E-state index in [1.165, 1.54) is 13.8 Å². The Balaban J connectivity index is 2.34. The number of hydrogen-bond acceptors (Lipinski definition) is 2. The molecule has 0 heterocycles. The van der Waals surface area contributed by atoms with Crippen LogP contribution in [0.25, 0.3) is 22.9 Å². The highest BCUT2D eigenvalue weighted by Gasteiger charge is 1.96. The Hall–Kier alpha value is -2.48. The van der Waals surface area contributed by atoms with Gasteiger partial charge in [-0.05, 0) is 60.0 Å². The molecule has 0 spiro atoms. The van der Waals surface area contributed by atoms with Crippen LogP contribution >= 0.6 is 0 Å². The fraction of sp³-hybridized carbons (Fsp3) is 0.111. The van der Waals surface area contributed by atoms with Crippen molar-refractivity contribution in [2.75, 3.05) is 0 Å². The molecule has 0 saturated carbocycles. The molecule has 0 radical (unpaired) electrons. The predicted molar refractivity (Wildman–Crippen MR) is 83.4 cm³/mol. The van der Waals surface area contributed by atoms with E-state index in [4.69, 9.17) is 0 Å². The van der Waals surface area contributed by atoms with Crippen LogP contribution in [0.15, 0.2) is 48.6 Å². The van der Waals surface area contributed by atoms with Gasteiger partial charge in [-0.3, -0.25) is 9.59 Å². The van der Waals surface area contributed by atoms with Gasteiger partial charge in [-0.1, -0.05) is 36.4 Å². The third-order valence-corrected chi connectivity index (χ3v) is 2.91. The van der Waals surface area contributed by atoms with E-state index in [1.807, 2.05) is 48.6 Å². The van der Waals surface area contributed by atoms with Gasteiger partial charge in [-0.25, -0.2) is 0 Å². The van der Waals surface area contributed by atoms with Gasteiger partial charge in [0.25, 0.3) is 0 Å². The van der Waals surface area contributed by atoms with Gasteiger partial charge in [0.2, 0.25) is 0 Å². The number of hydrogen-bond donors (Lipinski definition) is 0. The monoisotopic (exact) mass is 264 g/mol. The zero-order chi connectivity index (χ0) is 14.5. The summed E-state index contributed by atoms with van der Waals surface area (Å²) in [5, 5.41) is 2.21. The van der Waals surface area contributed by atoms with Crippen molar-refractivity contribution in [1.82, 2.24) is 0 Å². The highest BCUT2D eigenvalue weighted by atomic mass is 16.1. The van der Waals surface area contributed by atoms with Crippen LogP contribution in [0.2, 0.25) is 0 Å². The largest absolute Gasteiger partial charge is 0.295 e. The van der Waals surface area contributed by atoms with Gasteiger partial charge in [0, 0.05) is 0 Å². The smallest absolute Gasteiger partial charge is 0.152 e. The van der Waals surface area contributed by atoms with E-state index < -0.39 is 0 Å². The van der Waals surface area contributed by atoms with E-state index in [9.17, 15) is 9.59 Å². The van der Waals surface area contributed by atoms with Gasteiger partial charge in [0.1, 0.15) is 0 Å². The maximum absolute atomic E-state index is 10.9. The average molecular weight is 264 g/mol. The maximum atomic E-state index is 10.9. The Morgan fingerprint density at radius 1 is 0.750 bits per heavy atom. The van der Waals surface area contributed by atoms with Crippen LogP contribution in [0.4, 0.5) is 0 Å². The fourth-order valence-electron chi connectivity index (χ4n) is 1.92. The Labute approximate surface area is 118 Å². The van der Waals surface area contributed by atoms with Crippen molar-refractivity contribution in [3.05, 3.63) is 59.7 Å². The van der Waals surface area contributed by atoms with E-state index in [1.54, 1.807) is 12.2 Å². The molecule has 0 unspecified atom stereocenters. The minimum Gasteiger partial charge on any atom is -0.295 e. The minimum absolute atomic E-state index is 0.0369. The predicted octanol–water partition coefficient (Wildman–Crippen LogP) is 4.04. The van der Waals surface area contributed by atoms with Gasteiger partial charge in [-0.15, -0.1) is 0 Å². The summed E-state index contributed by atoms with van der Waals surface area (Å²) in [7, 11) is 0. The number of carbonyl (C=O) groups is 2. The molecule has 0 amide bonds. The number of ketones is 2. The van der Waals surface area contributed by atoms with Gasteiger partial charge < -0.3 is 0 Å². The van der Waals surface area contributed by atoms with E-state index in [0.717, 1.165) is 21.9 Å². The van der Waals surface area contributed by atoms with Crippen LogP contribution in [-0.2, 0) is 9.59 Å². The second-order valence-electron chi connectivity index (χ2n) is 4.75. The van der Waals surface area contributed by atoms with Gasteiger partial charge in [-0.2, -0.15) is 0 Å². The van der Waals surface area contributed by atoms with Crippen molar-refractivity contribution in [3.8, 4) is 0 Å². The Kier molecular flexibility index (Phi) is 4.26. The summed E-state index contributed by atoms with van der Waals surface area (Å²) in [6.07, 6.45) is 6.74. The van der Waals surface area contributed by atoms with Gasteiger partial charge >= 0.3 is 0 Å². The molecule has 0 N–H and O–H groups in total. The first-order valence-electron chi connectivity index (χ1n) is 6.46. The van der Waals surface area contributed by atoms with Crippen LogP contribution in [0.1, 0.15) is 25.0 Å². The molecular weight excluding hydrogens is 248 g/mol. The van der Waals surface area contributed by atoms with E-state index in [-0.39, 0.29) is 11.6 Å². The first kappa shape index (κ1) is 13.9. The quantitative estimate of drug-likeness (QED) is 0.781. The number of carbonyl (C=O) groups excluding carboxylic acids is 2. The van der Waals surface area contributed by atoms with Crippen molar-refractivity contribution in [1.29, 1.82) is 0 Å². The van der Waals surface area contributed by atoms with Crippen molar-refractivity contribution in [2.45, 2.75) is 13.8 Å². The van der Waals surface area contributed by atoms with E-state index in [0.29, 0.717) is 0 Å². The maximum Gasteiger partial charge on any atom is 0.152 e. The summed E-state index contributed by atoms with van der Waals surface area (Å²) in [6, 6.07) is 12.0. The molecule has 2 aromatic carbocycles. The molecular formula is C18H16O2. The lowest BCUT2D eigenvalue weighted by Gasteiger charge is -2.01. The van der Waals surface area contributed by atoms with Crippen LogP contribution < -0.4 is 0 Å². The zero-order valence-corrected chi connectivity index (χ0v) is 11.6. The van der Waals surface area contributed by atoms with Crippen molar-refractivity contribution >= 4 is 34.5 Å². The summed E-state index contributed by atoms with van der Waals surface area (Å²) in [4.78, 5) is 21.9. The third-order valence-electron chi connectivity index (χ3n) is 2.91. The summed E-state index contributed by atoms with van der Waals surface area (Å²) in [5.41, 5.74) is 2.00. The molecule has 0 aliphatic heterocycles. The van der Waals surface area contributed by atoms with Crippen molar-refractivity contribution < 1.29 is 9.59 Å². The molecule has 0 fully saturated rings. The molecule has 2 rings (SSSR count). The molecule has 2 aromatic rings. The molecule has 0 atom stereocenters. The summed E-state index contributed by atoms with van der Waals surface area (Å²) in [5.74, 6) is 0.0737. The van der Waals surface area contributed by atoms with Crippen LogP contribution in [0.5, 0.6) is 0 Å². The summed E-state index contributed by atoms with van der Waals surface area (Å²) < 4.78 is 0. The Morgan fingerprint density at radius 3 is 1.50 bits per heavy atom. The lowest BCUT2D eigenvalue weighted by Crippen LogP contribution is -1.82. The topological polar surface area (TPSA) is 34.1 Å². The molecule has 2 heteroatoms. The summed E-state index contributed by atoms with van der Waals surface area (Å²) >= 11 is 0. The fourth-order valence-corrected chi connectivity index (χ4v) is 1.92. The first-order chi connectivity index (χ1) is 9.54. The molecule has 0 bridgehead atoms. The summed E-state index contributed by atoms with van der Waals surface area (Å²) in [6.45, 7) is 3.07. The van der Waals surface area contributed by atoms with Gasteiger partial charge in [0.05, 0.1) is 0 Å². The van der Waals surface area contributed by atoms with E-state index in [2.05, 4.69) is 0 Å². The van der Waals surface area contributed by atoms with Crippen LogP contribution in [0, 0.1) is 0 Å². The molecule has 20 heavy (non-hydrogen) atoms. The number of rotatable bonds is 4. The number of fused-ring (bicyclic) bond motifs is 1. The molecule has 100 valence electrons. The lowest BCUT2D eigenvalue weighted by molar-refractivity contribution is -0.113. The standard InChI is InChI=1S/C18H16O2/c1-13(19)3-5-15-7-9-18-12-16(6-4-14(2)20)8-10-17(18)11-15/h3-12H,1-2H3. The molecule has 2 nitrogen and oxygen atoms in total. The number of benzene rings is 2. The second kappa shape index (κ2) is 6.11. The third kappa shape index (κ3) is 3.75. The lowest BCUT2D eigenvalue weighted by atomic mass is 10.0. The van der Waals surface area contributed by atoms with Crippen molar-refractivity contribution in [2.24, 2.45) is 0 Å². The van der Waals surface area contributed by atoms with Crippen molar-refractivity contribution in [3.63, 3.8) is 0 Å². The second-order valence-corrected chi connectivity index (χ2v) is 4.75. The zero-order valence-electron chi connectivity index (χ0n) is 11.6. The molecule has 0 aliphatic rings. The molecule has 0 saturated heterocycles. The normalized spacial score (nSPS) is 11.5. The Bertz CT molecular complexity index is 658. The number of allylic oxidation sites excluding steroid dienone is 2. The van der Waals surface area contributed by atoms with Crippen LogP contribution in [-0.4, -0.2) is 11.6 Å². The Morgan fingerprint density at radius 2 is 1.15 bits per heavy atom. The SMILES string of the molecule is CC(=O)C=Cc1ccc2cc(C=CC(C)=O)ccc2c1. The highest BCUT2D eigenvalue weighted by Crippen LogP contribution is 2.19. The van der Waals surface area contributed by atoms with Gasteiger partial charge in [0.15, 0.2) is 11.6 Å². The van der Waals surface area contributed by atoms with E-state index >= 15 is 0 Å². The average Bonchev–Trinajstić information content (AvgIpc) is 2.42. The highest BCUT2D eigenvalue weighted by molar-refractivity contribution is 5.94. The minimum atomic E-state index is 0.0369. The molecule has 0 aromatic heterocycles. The first-order valence-corrected chi connectivity index (χ1v) is 6.46.